The van der Waals surface area contributed by atoms with E-state index in [2.05, 4.69) is 15.5 Å². The molecular weight excluding hydrogens is 372 g/mol. The molecule has 1 unspecified atom stereocenters. The number of rotatable bonds is 7. The number of benzene rings is 1. The number of nitrogens with zero attached hydrogens (tertiary/aromatic N) is 3. The van der Waals surface area contributed by atoms with Crippen molar-refractivity contribution < 1.29 is 14.1 Å². The molecule has 0 radical (unpaired) electrons. The summed E-state index contributed by atoms with van der Waals surface area (Å²) in [5, 5.41) is 6.82. The van der Waals surface area contributed by atoms with Crippen LogP contribution in [0, 0.1) is 0 Å². The minimum atomic E-state index is -0.696. The normalized spacial score (nSPS) is 14.4. The number of para-hydroxylation sites is 2. The molecule has 0 spiro atoms. The number of methoxy groups -OCH3 is 1. The topological polar surface area (TPSA) is 99.2 Å². The van der Waals surface area contributed by atoms with E-state index in [0.717, 1.165) is 12.8 Å². The summed E-state index contributed by atoms with van der Waals surface area (Å²) < 4.78 is 12.0. The summed E-state index contributed by atoms with van der Waals surface area (Å²) in [6, 6.07) is 9.78. The first-order valence-corrected chi connectivity index (χ1v) is 9.61. The summed E-state index contributed by atoms with van der Waals surface area (Å²) in [7, 11) is 1.54. The van der Waals surface area contributed by atoms with Crippen molar-refractivity contribution in [3.8, 4) is 17.2 Å². The number of anilines is 1. The summed E-state index contributed by atoms with van der Waals surface area (Å²) in [4.78, 5) is 30.4. The minimum Gasteiger partial charge on any atom is -0.495 e. The van der Waals surface area contributed by atoms with Crippen molar-refractivity contribution in [2.24, 2.45) is 0 Å². The largest absolute Gasteiger partial charge is 0.495 e. The fraction of sp³-hybridized carbons (Fsp3) is 0.333. The highest BCUT2D eigenvalue weighted by Gasteiger charge is 2.30. The van der Waals surface area contributed by atoms with Crippen LogP contribution in [0.1, 0.15) is 44.0 Å². The van der Waals surface area contributed by atoms with Gasteiger partial charge in [-0.2, -0.15) is 4.98 Å². The molecule has 4 rings (SSSR count). The second-order valence-corrected chi connectivity index (χ2v) is 6.98. The van der Waals surface area contributed by atoms with Crippen LogP contribution in [0.15, 0.2) is 51.9 Å². The minimum absolute atomic E-state index is 0.186. The number of carbonyl (C=O) groups is 1. The van der Waals surface area contributed by atoms with E-state index in [1.54, 1.807) is 36.5 Å². The Kier molecular flexibility index (Phi) is 5.16. The van der Waals surface area contributed by atoms with Gasteiger partial charge in [0.25, 0.3) is 11.4 Å². The van der Waals surface area contributed by atoms with Crippen molar-refractivity contribution in [2.45, 2.75) is 38.1 Å². The van der Waals surface area contributed by atoms with Gasteiger partial charge in [0, 0.05) is 12.1 Å². The molecule has 0 aliphatic heterocycles. The van der Waals surface area contributed by atoms with Crippen LogP contribution >= 0.6 is 0 Å². The van der Waals surface area contributed by atoms with Crippen molar-refractivity contribution in [3.63, 3.8) is 0 Å². The second-order valence-electron chi connectivity index (χ2n) is 6.98. The molecular formula is C21H22N4O4. The molecule has 2 aromatic heterocycles. The van der Waals surface area contributed by atoms with Crippen LogP contribution < -0.4 is 15.6 Å². The monoisotopic (exact) mass is 394 g/mol. The van der Waals surface area contributed by atoms with Crippen LogP contribution in [0.25, 0.3) is 11.5 Å². The van der Waals surface area contributed by atoms with Gasteiger partial charge >= 0.3 is 0 Å². The molecule has 0 saturated heterocycles. The lowest BCUT2D eigenvalue weighted by Gasteiger charge is -2.19. The number of pyridine rings is 1. The first-order valence-electron chi connectivity index (χ1n) is 9.61. The SMILES string of the molecule is CCC(C(=O)Nc1ccccc1OC)n1cccc(-c2nc(C3CC3)no2)c1=O. The second kappa shape index (κ2) is 7.90. The van der Waals surface area contributed by atoms with Crippen LogP contribution in [0.3, 0.4) is 0 Å². The van der Waals surface area contributed by atoms with Crippen molar-refractivity contribution in [2.75, 3.05) is 12.4 Å². The molecule has 0 bridgehead atoms. The van der Waals surface area contributed by atoms with Gasteiger partial charge < -0.3 is 19.1 Å². The van der Waals surface area contributed by atoms with Gasteiger partial charge in [-0.1, -0.05) is 24.2 Å². The molecule has 1 aliphatic carbocycles. The van der Waals surface area contributed by atoms with Crippen molar-refractivity contribution in [3.05, 3.63) is 58.8 Å². The average Bonchev–Trinajstić information content (AvgIpc) is 3.47. The first kappa shape index (κ1) is 18.9. The van der Waals surface area contributed by atoms with Gasteiger partial charge in [0.2, 0.25) is 5.91 Å². The fourth-order valence-electron chi connectivity index (χ4n) is 3.24. The van der Waals surface area contributed by atoms with Gasteiger partial charge in [-0.3, -0.25) is 9.59 Å². The molecule has 1 fully saturated rings. The maximum absolute atomic E-state index is 13.1. The van der Waals surface area contributed by atoms with E-state index in [-0.39, 0.29) is 22.9 Å². The third-order valence-corrected chi connectivity index (χ3v) is 4.98. The molecule has 2 heterocycles. The van der Waals surface area contributed by atoms with Gasteiger partial charge in [0.15, 0.2) is 5.82 Å². The predicted octanol–water partition coefficient (Wildman–Crippen LogP) is 3.37. The van der Waals surface area contributed by atoms with Crippen LogP contribution in [0.4, 0.5) is 5.69 Å². The number of carbonyl (C=O) groups excluding carboxylic acids is 1. The van der Waals surface area contributed by atoms with Crippen molar-refractivity contribution in [1.82, 2.24) is 14.7 Å². The van der Waals surface area contributed by atoms with Crippen molar-refractivity contribution >= 4 is 11.6 Å². The van der Waals surface area contributed by atoms with Crippen LogP contribution in [-0.4, -0.2) is 27.7 Å². The Morgan fingerprint density at radius 3 is 2.83 bits per heavy atom. The van der Waals surface area contributed by atoms with E-state index in [4.69, 9.17) is 9.26 Å². The molecule has 1 atom stereocenters. The first-order chi connectivity index (χ1) is 14.1. The molecule has 1 N–H and O–H groups in total. The van der Waals surface area contributed by atoms with E-state index < -0.39 is 6.04 Å². The highest BCUT2D eigenvalue weighted by molar-refractivity contribution is 5.95. The zero-order valence-corrected chi connectivity index (χ0v) is 16.3. The van der Waals surface area contributed by atoms with E-state index in [1.807, 2.05) is 13.0 Å². The maximum Gasteiger partial charge on any atom is 0.264 e. The van der Waals surface area contributed by atoms with Crippen LogP contribution in [-0.2, 0) is 4.79 Å². The van der Waals surface area contributed by atoms with Gasteiger partial charge in [0.1, 0.15) is 17.4 Å². The van der Waals surface area contributed by atoms with Crippen molar-refractivity contribution in [1.29, 1.82) is 0 Å². The number of nitrogens with one attached hydrogen (secondary N) is 1. The fourth-order valence-corrected chi connectivity index (χ4v) is 3.24. The molecule has 1 aliphatic rings. The lowest BCUT2D eigenvalue weighted by molar-refractivity contribution is -0.119. The van der Waals surface area contributed by atoms with Crippen LogP contribution in [0.2, 0.25) is 0 Å². The molecule has 8 nitrogen and oxygen atoms in total. The van der Waals surface area contributed by atoms with E-state index in [1.165, 1.54) is 11.7 Å². The average molecular weight is 394 g/mol. The Morgan fingerprint density at radius 1 is 1.31 bits per heavy atom. The number of hydrogen-bond donors (Lipinski definition) is 1. The molecule has 1 aromatic carbocycles. The quantitative estimate of drug-likeness (QED) is 0.660. The Labute approximate surface area is 167 Å². The molecule has 150 valence electrons. The number of hydrogen-bond acceptors (Lipinski definition) is 6. The summed E-state index contributed by atoms with van der Waals surface area (Å²) in [5.41, 5.74) is 0.490. The Bertz CT molecular complexity index is 1080. The third-order valence-electron chi connectivity index (χ3n) is 4.98. The van der Waals surface area contributed by atoms with Crippen LogP contribution in [0.5, 0.6) is 5.75 Å². The van der Waals surface area contributed by atoms with E-state index in [9.17, 15) is 9.59 Å². The molecule has 1 saturated carbocycles. The number of aromatic nitrogens is 3. The Hall–Kier alpha value is -3.42. The van der Waals surface area contributed by atoms with E-state index >= 15 is 0 Å². The van der Waals surface area contributed by atoms with Gasteiger partial charge in [-0.05, 0) is 43.5 Å². The highest BCUT2D eigenvalue weighted by Crippen LogP contribution is 2.38. The molecule has 29 heavy (non-hydrogen) atoms. The number of amides is 1. The highest BCUT2D eigenvalue weighted by atomic mass is 16.5. The lowest BCUT2D eigenvalue weighted by atomic mass is 10.1. The smallest absolute Gasteiger partial charge is 0.264 e. The van der Waals surface area contributed by atoms with Gasteiger partial charge in [0.05, 0.1) is 12.8 Å². The zero-order valence-electron chi connectivity index (χ0n) is 16.3. The summed E-state index contributed by atoms with van der Waals surface area (Å²) >= 11 is 0. The van der Waals surface area contributed by atoms with E-state index in [0.29, 0.717) is 29.6 Å². The zero-order chi connectivity index (χ0) is 20.4. The Balaban J connectivity index is 1.63. The standard InChI is InChI=1S/C21H22N4O4/c1-3-16(19(26)22-15-8-4-5-9-17(15)28-2)25-12-6-7-14(21(25)27)20-23-18(24-29-20)13-10-11-13/h4-9,12-13,16H,3,10-11H2,1-2H3,(H,22,26). The molecule has 1 amide bonds. The maximum atomic E-state index is 13.1. The van der Waals surface area contributed by atoms with Gasteiger partial charge in [-0.15, -0.1) is 0 Å². The summed E-state index contributed by atoms with van der Waals surface area (Å²) in [5.74, 6) is 1.39. The predicted molar refractivity (Wildman–Crippen MR) is 107 cm³/mol. The molecule has 3 aromatic rings. The van der Waals surface area contributed by atoms with Gasteiger partial charge in [-0.25, -0.2) is 0 Å². The Morgan fingerprint density at radius 2 is 2.10 bits per heavy atom. The lowest BCUT2D eigenvalue weighted by Crippen LogP contribution is -2.33. The summed E-state index contributed by atoms with van der Waals surface area (Å²) in [6.07, 6.45) is 4.11. The third kappa shape index (κ3) is 3.78. The number of ether oxygens (including phenoxy) is 1. The molecule has 8 heteroatoms. The summed E-state index contributed by atoms with van der Waals surface area (Å²) in [6.45, 7) is 1.85.